The standard InChI is InChI=1S/C13H16BrN3OS/c14-10-7-8(13(15)19)1-4-11(10)16-6-5-12(18)17-9-2-3-9/h1,4,7,9,16H,2-3,5-6H2,(H2,15,19)(H,17,18). The molecule has 1 aliphatic rings. The molecule has 19 heavy (non-hydrogen) atoms. The van der Waals surface area contributed by atoms with Crippen LogP contribution in [-0.2, 0) is 4.79 Å². The summed E-state index contributed by atoms with van der Waals surface area (Å²) in [6, 6.07) is 6.05. The summed E-state index contributed by atoms with van der Waals surface area (Å²) >= 11 is 8.37. The Labute approximate surface area is 126 Å². The topological polar surface area (TPSA) is 67.1 Å². The van der Waals surface area contributed by atoms with Gasteiger partial charge < -0.3 is 16.4 Å². The number of halogens is 1. The summed E-state index contributed by atoms with van der Waals surface area (Å²) in [7, 11) is 0. The van der Waals surface area contributed by atoms with Crippen LogP contribution in [0.4, 0.5) is 5.69 Å². The van der Waals surface area contributed by atoms with E-state index in [0.717, 1.165) is 28.6 Å². The first-order valence-electron chi connectivity index (χ1n) is 6.19. The van der Waals surface area contributed by atoms with Gasteiger partial charge in [0.05, 0.1) is 0 Å². The highest BCUT2D eigenvalue weighted by molar-refractivity contribution is 9.10. The zero-order valence-electron chi connectivity index (χ0n) is 10.4. The molecule has 0 bridgehead atoms. The summed E-state index contributed by atoms with van der Waals surface area (Å²) in [5, 5.41) is 6.17. The molecule has 1 amide bonds. The molecule has 0 atom stereocenters. The molecule has 1 aromatic rings. The number of carbonyl (C=O) groups is 1. The van der Waals surface area contributed by atoms with Gasteiger partial charge in [0.2, 0.25) is 5.91 Å². The van der Waals surface area contributed by atoms with Crippen LogP contribution in [0.1, 0.15) is 24.8 Å². The number of hydrogen-bond acceptors (Lipinski definition) is 3. The molecule has 0 saturated heterocycles. The summed E-state index contributed by atoms with van der Waals surface area (Å²) in [6.45, 7) is 0.601. The number of rotatable bonds is 6. The molecule has 1 aromatic carbocycles. The van der Waals surface area contributed by atoms with E-state index in [2.05, 4.69) is 26.6 Å². The van der Waals surface area contributed by atoms with Crippen LogP contribution in [0.2, 0.25) is 0 Å². The van der Waals surface area contributed by atoms with Crippen LogP contribution < -0.4 is 16.4 Å². The maximum atomic E-state index is 11.5. The summed E-state index contributed by atoms with van der Waals surface area (Å²) in [4.78, 5) is 11.9. The van der Waals surface area contributed by atoms with E-state index >= 15 is 0 Å². The number of amides is 1. The van der Waals surface area contributed by atoms with E-state index in [1.165, 1.54) is 0 Å². The Hall–Kier alpha value is -1.14. The molecule has 1 saturated carbocycles. The van der Waals surface area contributed by atoms with Gasteiger partial charge in [-0.1, -0.05) is 12.2 Å². The van der Waals surface area contributed by atoms with Crippen LogP contribution in [0.25, 0.3) is 0 Å². The fourth-order valence-electron chi connectivity index (χ4n) is 1.65. The van der Waals surface area contributed by atoms with E-state index in [-0.39, 0.29) is 5.91 Å². The Morgan fingerprint density at radius 2 is 2.21 bits per heavy atom. The van der Waals surface area contributed by atoms with Gasteiger partial charge in [-0.05, 0) is 47.0 Å². The van der Waals surface area contributed by atoms with E-state index < -0.39 is 0 Å². The highest BCUT2D eigenvalue weighted by Crippen LogP contribution is 2.23. The highest BCUT2D eigenvalue weighted by Gasteiger charge is 2.22. The fraction of sp³-hybridized carbons (Fsp3) is 0.385. The molecule has 2 rings (SSSR count). The largest absolute Gasteiger partial charge is 0.389 e. The molecular formula is C13H16BrN3OS. The fourth-order valence-corrected chi connectivity index (χ4v) is 2.30. The molecule has 0 aromatic heterocycles. The number of benzene rings is 1. The molecular weight excluding hydrogens is 326 g/mol. The Bertz CT molecular complexity index is 503. The second kappa shape index (κ2) is 6.34. The lowest BCUT2D eigenvalue weighted by Gasteiger charge is -2.10. The lowest BCUT2D eigenvalue weighted by Crippen LogP contribution is -2.27. The van der Waals surface area contributed by atoms with E-state index in [1.807, 2.05) is 18.2 Å². The van der Waals surface area contributed by atoms with Crippen molar-refractivity contribution in [1.82, 2.24) is 5.32 Å². The lowest BCUT2D eigenvalue weighted by molar-refractivity contribution is -0.120. The third kappa shape index (κ3) is 4.47. The summed E-state index contributed by atoms with van der Waals surface area (Å²) in [5.74, 6) is 0.103. The third-order valence-corrected chi connectivity index (χ3v) is 3.76. The van der Waals surface area contributed by atoms with Crippen LogP contribution in [0.5, 0.6) is 0 Å². The number of carbonyl (C=O) groups excluding carboxylic acids is 1. The first kappa shape index (κ1) is 14.3. The van der Waals surface area contributed by atoms with Gasteiger partial charge in [0, 0.05) is 34.7 Å². The molecule has 0 heterocycles. The number of thiocarbonyl (C=S) groups is 1. The Kier molecular flexibility index (Phi) is 4.76. The number of anilines is 1. The molecule has 1 aliphatic carbocycles. The predicted molar refractivity (Wildman–Crippen MR) is 84.3 cm³/mol. The minimum Gasteiger partial charge on any atom is -0.389 e. The maximum Gasteiger partial charge on any atom is 0.221 e. The molecule has 102 valence electrons. The smallest absolute Gasteiger partial charge is 0.221 e. The van der Waals surface area contributed by atoms with Gasteiger partial charge in [0.25, 0.3) is 0 Å². The SMILES string of the molecule is NC(=S)c1ccc(NCCC(=O)NC2CC2)c(Br)c1. The molecule has 4 nitrogen and oxygen atoms in total. The summed E-state index contributed by atoms with van der Waals surface area (Å²) in [5.41, 5.74) is 7.31. The molecule has 0 radical (unpaired) electrons. The van der Waals surface area contributed by atoms with Crippen LogP contribution in [0.15, 0.2) is 22.7 Å². The zero-order valence-corrected chi connectivity index (χ0v) is 12.8. The molecule has 6 heteroatoms. The Morgan fingerprint density at radius 3 is 2.79 bits per heavy atom. The third-order valence-electron chi connectivity index (χ3n) is 2.86. The summed E-state index contributed by atoms with van der Waals surface area (Å²) in [6.07, 6.45) is 2.70. The van der Waals surface area contributed by atoms with Gasteiger partial charge in [-0.25, -0.2) is 0 Å². The molecule has 0 aliphatic heterocycles. The molecule has 4 N–H and O–H groups in total. The number of hydrogen-bond donors (Lipinski definition) is 3. The lowest BCUT2D eigenvalue weighted by atomic mass is 10.2. The maximum absolute atomic E-state index is 11.5. The number of nitrogens with one attached hydrogen (secondary N) is 2. The first-order chi connectivity index (χ1) is 9.06. The molecule has 0 spiro atoms. The van der Waals surface area contributed by atoms with E-state index in [1.54, 1.807) is 0 Å². The van der Waals surface area contributed by atoms with Gasteiger partial charge in [-0.2, -0.15) is 0 Å². The predicted octanol–water partition coefficient (Wildman–Crippen LogP) is 2.16. The van der Waals surface area contributed by atoms with Crippen molar-refractivity contribution in [2.24, 2.45) is 5.73 Å². The zero-order chi connectivity index (χ0) is 13.8. The van der Waals surface area contributed by atoms with Crippen molar-refractivity contribution < 1.29 is 4.79 Å². The van der Waals surface area contributed by atoms with Crippen molar-refractivity contribution in [3.05, 3.63) is 28.2 Å². The van der Waals surface area contributed by atoms with Crippen molar-refractivity contribution in [2.75, 3.05) is 11.9 Å². The Balaban J connectivity index is 1.81. The minimum absolute atomic E-state index is 0.103. The van der Waals surface area contributed by atoms with E-state index in [9.17, 15) is 4.79 Å². The van der Waals surface area contributed by atoms with Crippen molar-refractivity contribution >= 4 is 44.7 Å². The second-order valence-electron chi connectivity index (χ2n) is 4.58. The van der Waals surface area contributed by atoms with Gasteiger partial charge in [0.15, 0.2) is 0 Å². The summed E-state index contributed by atoms with van der Waals surface area (Å²) < 4.78 is 0.889. The second-order valence-corrected chi connectivity index (χ2v) is 5.87. The van der Waals surface area contributed by atoms with Crippen LogP contribution >= 0.6 is 28.1 Å². The molecule has 1 fully saturated rings. The van der Waals surface area contributed by atoms with E-state index in [0.29, 0.717) is 24.0 Å². The van der Waals surface area contributed by atoms with Crippen molar-refractivity contribution in [3.63, 3.8) is 0 Å². The quantitative estimate of drug-likeness (QED) is 0.693. The van der Waals surface area contributed by atoms with Gasteiger partial charge >= 0.3 is 0 Å². The van der Waals surface area contributed by atoms with Crippen molar-refractivity contribution in [1.29, 1.82) is 0 Å². The van der Waals surface area contributed by atoms with Crippen LogP contribution in [0.3, 0.4) is 0 Å². The average Bonchev–Trinajstić information content (AvgIpc) is 3.14. The minimum atomic E-state index is 0.103. The average molecular weight is 342 g/mol. The van der Waals surface area contributed by atoms with E-state index in [4.69, 9.17) is 18.0 Å². The number of nitrogens with two attached hydrogens (primary N) is 1. The van der Waals surface area contributed by atoms with Gasteiger partial charge in [-0.15, -0.1) is 0 Å². The van der Waals surface area contributed by atoms with Crippen LogP contribution in [0, 0.1) is 0 Å². The van der Waals surface area contributed by atoms with Gasteiger partial charge in [-0.3, -0.25) is 4.79 Å². The first-order valence-corrected chi connectivity index (χ1v) is 7.39. The van der Waals surface area contributed by atoms with Crippen molar-refractivity contribution in [3.8, 4) is 0 Å². The Morgan fingerprint density at radius 1 is 1.47 bits per heavy atom. The molecule has 0 unspecified atom stereocenters. The highest BCUT2D eigenvalue weighted by atomic mass is 79.9. The van der Waals surface area contributed by atoms with Crippen LogP contribution in [-0.4, -0.2) is 23.5 Å². The normalized spacial score (nSPS) is 13.9. The monoisotopic (exact) mass is 341 g/mol. The van der Waals surface area contributed by atoms with Crippen molar-refractivity contribution in [2.45, 2.75) is 25.3 Å². The van der Waals surface area contributed by atoms with Gasteiger partial charge in [0.1, 0.15) is 4.99 Å².